The molecule has 0 saturated heterocycles. The highest BCUT2D eigenvalue weighted by Gasteiger charge is 2.47. The van der Waals surface area contributed by atoms with Gasteiger partial charge in [-0.25, -0.2) is 0 Å². The van der Waals surface area contributed by atoms with Crippen molar-refractivity contribution in [2.24, 2.45) is 5.73 Å². The van der Waals surface area contributed by atoms with E-state index in [1.807, 2.05) is 0 Å². The molecular formula is C12H12ClNO4. The van der Waals surface area contributed by atoms with Crippen LogP contribution in [-0.2, 0) is 4.79 Å². The second-order valence-corrected chi connectivity index (χ2v) is 5.01. The predicted octanol–water partition coefficient (Wildman–Crippen LogP) is 2.08. The van der Waals surface area contributed by atoms with Gasteiger partial charge in [0, 0.05) is 29.5 Å². The molecule has 1 heterocycles. The Morgan fingerprint density at radius 2 is 2.00 bits per heavy atom. The van der Waals surface area contributed by atoms with Crippen molar-refractivity contribution in [2.45, 2.75) is 31.1 Å². The second kappa shape index (κ2) is 3.76. The number of benzene rings is 1. The van der Waals surface area contributed by atoms with Gasteiger partial charge in [0.1, 0.15) is 6.04 Å². The summed E-state index contributed by atoms with van der Waals surface area (Å²) in [5.74, 6) is -0.613. The minimum absolute atomic E-state index is 0.281. The summed E-state index contributed by atoms with van der Waals surface area (Å²) in [5.41, 5.74) is 5.90. The number of fused-ring (bicyclic) bond motifs is 1. The largest absolute Gasteiger partial charge is 0.480 e. The zero-order valence-corrected chi connectivity index (χ0v) is 10.2. The maximum Gasteiger partial charge on any atom is 0.325 e. The highest BCUT2D eigenvalue weighted by Crippen LogP contribution is 2.50. The molecule has 1 atom stereocenters. The summed E-state index contributed by atoms with van der Waals surface area (Å²) in [6.45, 7) is 0. The van der Waals surface area contributed by atoms with Gasteiger partial charge in [-0.1, -0.05) is 11.6 Å². The number of ether oxygens (including phenoxy) is 2. The molecule has 1 spiro atoms. The third-order valence-corrected chi connectivity index (χ3v) is 3.70. The first kappa shape index (κ1) is 11.6. The molecule has 1 aromatic rings. The molecule has 3 N–H and O–H groups in total. The van der Waals surface area contributed by atoms with Crippen LogP contribution in [0.4, 0.5) is 0 Å². The summed E-state index contributed by atoms with van der Waals surface area (Å²) in [5, 5.41) is 9.19. The molecule has 0 radical (unpaired) electrons. The highest BCUT2D eigenvalue weighted by molar-refractivity contribution is 6.31. The van der Waals surface area contributed by atoms with E-state index in [2.05, 4.69) is 0 Å². The van der Waals surface area contributed by atoms with Gasteiger partial charge in [-0.15, -0.1) is 0 Å². The zero-order valence-electron chi connectivity index (χ0n) is 9.48. The molecule has 1 aliphatic heterocycles. The van der Waals surface area contributed by atoms with Crippen molar-refractivity contribution in [3.05, 3.63) is 22.7 Å². The van der Waals surface area contributed by atoms with Crippen molar-refractivity contribution < 1.29 is 19.4 Å². The van der Waals surface area contributed by atoms with E-state index in [4.69, 9.17) is 31.9 Å². The number of aliphatic carboxylic acids is 1. The van der Waals surface area contributed by atoms with Crippen LogP contribution in [0.1, 0.15) is 30.9 Å². The summed E-state index contributed by atoms with van der Waals surface area (Å²) in [7, 11) is 0. The Bertz CT molecular complexity index is 527. The van der Waals surface area contributed by atoms with Crippen LogP contribution in [0.2, 0.25) is 5.02 Å². The Morgan fingerprint density at radius 3 is 2.50 bits per heavy atom. The molecule has 0 amide bonds. The summed E-state index contributed by atoms with van der Waals surface area (Å²) >= 11 is 6.02. The number of nitrogens with two attached hydrogens (primary N) is 1. The predicted molar refractivity (Wildman–Crippen MR) is 63.9 cm³/mol. The van der Waals surface area contributed by atoms with Gasteiger partial charge in [-0.3, -0.25) is 4.79 Å². The van der Waals surface area contributed by atoms with E-state index >= 15 is 0 Å². The number of halogens is 1. The van der Waals surface area contributed by atoms with Crippen LogP contribution < -0.4 is 15.2 Å². The van der Waals surface area contributed by atoms with Crippen LogP contribution in [0.5, 0.6) is 11.5 Å². The van der Waals surface area contributed by atoms with Crippen LogP contribution in [-0.4, -0.2) is 16.9 Å². The molecule has 6 heteroatoms. The molecule has 0 aromatic heterocycles. The van der Waals surface area contributed by atoms with E-state index in [0.717, 1.165) is 19.3 Å². The molecule has 96 valence electrons. The smallest absolute Gasteiger partial charge is 0.325 e. The minimum atomic E-state index is -1.16. The lowest BCUT2D eigenvalue weighted by molar-refractivity contribution is -0.138. The maximum atomic E-state index is 10.9. The van der Waals surface area contributed by atoms with Crippen molar-refractivity contribution in [1.82, 2.24) is 0 Å². The lowest BCUT2D eigenvalue weighted by Crippen LogP contribution is -2.45. The van der Waals surface area contributed by atoms with Gasteiger partial charge in [0.25, 0.3) is 5.79 Å². The normalized spacial score (nSPS) is 20.6. The lowest BCUT2D eigenvalue weighted by Gasteiger charge is -2.35. The fourth-order valence-corrected chi connectivity index (χ4v) is 2.44. The molecule has 1 saturated carbocycles. The molecule has 1 unspecified atom stereocenters. The average Bonchev–Trinajstić information content (AvgIpc) is 2.65. The van der Waals surface area contributed by atoms with Crippen molar-refractivity contribution in [1.29, 1.82) is 0 Å². The van der Waals surface area contributed by atoms with Crippen molar-refractivity contribution in [3.8, 4) is 11.5 Å². The Balaban J connectivity index is 1.97. The summed E-state index contributed by atoms with van der Waals surface area (Å²) in [6, 6.07) is 1.97. The molecule has 5 nitrogen and oxygen atoms in total. The van der Waals surface area contributed by atoms with Gasteiger partial charge in [0.05, 0.1) is 0 Å². The summed E-state index contributed by atoms with van der Waals surface area (Å²) in [4.78, 5) is 10.9. The molecular weight excluding hydrogens is 258 g/mol. The van der Waals surface area contributed by atoms with Crippen LogP contribution >= 0.6 is 11.6 Å². The van der Waals surface area contributed by atoms with E-state index in [0.29, 0.717) is 17.1 Å². The standard InChI is InChI=1S/C12H12ClNO4/c13-7-5-9-8(4-6(7)10(14)11(15)16)17-12(18-9)2-1-3-12/h4-5,10H,1-3,14H2,(H,15,16). The fraction of sp³-hybridized carbons (Fsp3) is 0.417. The van der Waals surface area contributed by atoms with E-state index in [1.54, 1.807) is 12.1 Å². The van der Waals surface area contributed by atoms with Crippen LogP contribution in [0.15, 0.2) is 12.1 Å². The molecule has 1 aliphatic carbocycles. The monoisotopic (exact) mass is 269 g/mol. The number of carboxylic acid groups (broad SMARTS) is 1. The third-order valence-electron chi connectivity index (χ3n) is 3.37. The van der Waals surface area contributed by atoms with Crippen molar-refractivity contribution in [2.75, 3.05) is 0 Å². The van der Waals surface area contributed by atoms with E-state index < -0.39 is 17.8 Å². The van der Waals surface area contributed by atoms with Crippen LogP contribution in [0.25, 0.3) is 0 Å². The molecule has 0 bridgehead atoms. The molecule has 1 fully saturated rings. The average molecular weight is 270 g/mol. The van der Waals surface area contributed by atoms with Gasteiger partial charge in [-0.05, 0) is 12.5 Å². The number of carbonyl (C=O) groups is 1. The molecule has 3 rings (SSSR count). The quantitative estimate of drug-likeness (QED) is 0.859. The number of hydrogen-bond acceptors (Lipinski definition) is 4. The maximum absolute atomic E-state index is 10.9. The van der Waals surface area contributed by atoms with Crippen LogP contribution in [0, 0.1) is 0 Å². The van der Waals surface area contributed by atoms with Gasteiger partial charge in [-0.2, -0.15) is 0 Å². The first-order valence-corrected chi connectivity index (χ1v) is 6.08. The topological polar surface area (TPSA) is 81.8 Å². The first-order chi connectivity index (χ1) is 8.51. The van der Waals surface area contributed by atoms with Gasteiger partial charge < -0.3 is 20.3 Å². The molecule has 18 heavy (non-hydrogen) atoms. The molecule has 1 aromatic carbocycles. The summed E-state index contributed by atoms with van der Waals surface area (Å²) < 4.78 is 11.4. The number of carboxylic acids is 1. The lowest BCUT2D eigenvalue weighted by atomic mass is 9.91. The Morgan fingerprint density at radius 1 is 1.39 bits per heavy atom. The third kappa shape index (κ3) is 1.62. The van der Waals surface area contributed by atoms with Gasteiger partial charge >= 0.3 is 5.97 Å². The van der Waals surface area contributed by atoms with E-state index in [-0.39, 0.29) is 5.02 Å². The SMILES string of the molecule is NC(C(=O)O)c1cc2c(cc1Cl)OC1(CCC1)O2. The number of rotatable bonds is 2. The van der Waals surface area contributed by atoms with E-state index in [9.17, 15) is 4.79 Å². The second-order valence-electron chi connectivity index (χ2n) is 4.60. The number of hydrogen-bond donors (Lipinski definition) is 2. The minimum Gasteiger partial charge on any atom is -0.480 e. The molecule has 2 aliphatic rings. The fourth-order valence-electron chi connectivity index (χ4n) is 2.17. The van der Waals surface area contributed by atoms with Crippen molar-refractivity contribution >= 4 is 17.6 Å². The Labute approximate surface area is 108 Å². The highest BCUT2D eigenvalue weighted by atomic mass is 35.5. The van der Waals surface area contributed by atoms with E-state index in [1.165, 1.54) is 0 Å². The van der Waals surface area contributed by atoms with Gasteiger partial charge in [0.15, 0.2) is 11.5 Å². The Hall–Kier alpha value is -1.46. The Kier molecular flexibility index (Phi) is 2.43. The zero-order chi connectivity index (χ0) is 12.9. The summed E-state index contributed by atoms with van der Waals surface area (Å²) in [6.07, 6.45) is 2.72. The first-order valence-electron chi connectivity index (χ1n) is 5.71. The van der Waals surface area contributed by atoms with Gasteiger partial charge in [0.2, 0.25) is 0 Å². The van der Waals surface area contributed by atoms with Crippen LogP contribution in [0.3, 0.4) is 0 Å². The van der Waals surface area contributed by atoms with Crippen molar-refractivity contribution in [3.63, 3.8) is 0 Å².